The van der Waals surface area contributed by atoms with Gasteiger partial charge in [-0.2, -0.15) is 0 Å². The topological polar surface area (TPSA) is 48.1 Å². The number of anilines is 1. The van der Waals surface area contributed by atoms with Gasteiger partial charge in [-0.15, -0.1) is 0 Å². The third-order valence-corrected chi connectivity index (χ3v) is 2.54. The molecule has 0 unspecified atom stereocenters. The molecule has 1 aromatic heterocycles. The van der Waals surface area contributed by atoms with Crippen LogP contribution in [0.25, 0.3) is 11.1 Å². The van der Waals surface area contributed by atoms with Gasteiger partial charge < -0.3 is 10.5 Å². The third-order valence-electron chi connectivity index (χ3n) is 2.54. The lowest BCUT2D eigenvalue weighted by molar-refractivity contribution is 0.339. The minimum Gasteiger partial charge on any atom is -0.492 e. The maximum Gasteiger partial charge on any atom is 0.138 e. The molecule has 0 spiro atoms. The van der Waals surface area contributed by atoms with Gasteiger partial charge in [0.1, 0.15) is 5.75 Å². The van der Waals surface area contributed by atoms with Gasteiger partial charge in [0.25, 0.3) is 0 Å². The first-order valence-electron chi connectivity index (χ1n) is 5.65. The molecule has 0 saturated carbocycles. The van der Waals surface area contributed by atoms with Gasteiger partial charge in [-0.05, 0) is 31.5 Å². The Morgan fingerprint density at radius 1 is 1.24 bits per heavy atom. The summed E-state index contributed by atoms with van der Waals surface area (Å²) in [4.78, 5) is 4.16. The van der Waals surface area contributed by atoms with E-state index < -0.39 is 0 Å². The molecule has 0 saturated heterocycles. The van der Waals surface area contributed by atoms with E-state index in [-0.39, 0.29) is 0 Å². The zero-order chi connectivity index (χ0) is 12.3. The van der Waals surface area contributed by atoms with Gasteiger partial charge in [-0.3, -0.25) is 4.98 Å². The quantitative estimate of drug-likeness (QED) is 0.821. The molecule has 88 valence electrons. The van der Waals surface area contributed by atoms with Crippen LogP contribution in [-0.2, 0) is 0 Å². The molecule has 3 nitrogen and oxygen atoms in total. The predicted molar refractivity (Wildman–Crippen MR) is 70.0 cm³/mol. The summed E-state index contributed by atoms with van der Waals surface area (Å²) in [6.45, 7) is 4.61. The minimum atomic E-state index is 0.633. The molecule has 0 bridgehead atoms. The van der Waals surface area contributed by atoms with Crippen molar-refractivity contribution in [2.45, 2.75) is 13.8 Å². The van der Waals surface area contributed by atoms with Crippen LogP contribution in [0.15, 0.2) is 36.7 Å². The molecule has 0 aliphatic carbocycles. The molecule has 1 heterocycles. The second-order valence-corrected chi connectivity index (χ2v) is 3.93. The highest BCUT2D eigenvalue weighted by atomic mass is 16.5. The van der Waals surface area contributed by atoms with Crippen molar-refractivity contribution in [2.75, 3.05) is 12.3 Å². The van der Waals surface area contributed by atoms with Crippen molar-refractivity contribution in [3.8, 4) is 16.9 Å². The summed E-state index contributed by atoms with van der Waals surface area (Å²) in [6, 6.07) is 7.97. The Morgan fingerprint density at radius 3 is 2.76 bits per heavy atom. The van der Waals surface area contributed by atoms with Crippen LogP contribution >= 0.6 is 0 Å². The molecule has 0 atom stereocenters. The molecule has 1 aromatic carbocycles. The summed E-state index contributed by atoms with van der Waals surface area (Å²) >= 11 is 0. The van der Waals surface area contributed by atoms with Crippen LogP contribution in [0.5, 0.6) is 5.75 Å². The van der Waals surface area contributed by atoms with Crippen LogP contribution in [0, 0.1) is 6.92 Å². The molecule has 17 heavy (non-hydrogen) atoms. The minimum absolute atomic E-state index is 0.633. The van der Waals surface area contributed by atoms with E-state index in [1.807, 2.05) is 38.1 Å². The maximum atomic E-state index is 6.01. The van der Waals surface area contributed by atoms with Gasteiger partial charge in [0, 0.05) is 23.0 Å². The first-order chi connectivity index (χ1) is 8.20. The highest BCUT2D eigenvalue weighted by molar-refractivity contribution is 5.76. The lowest BCUT2D eigenvalue weighted by Gasteiger charge is -2.08. The van der Waals surface area contributed by atoms with Crippen LogP contribution < -0.4 is 10.5 Å². The van der Waals surface area contributed by atoms with E-state index in [1.165, 1.54) is 0 Å². The lowest BCUT2D eigenvalue weighted by atomic mass is 10.0. The van der Waals surface area contributed by atoms with E-state index in [4.69, 9.17) is 10.5 Å². The fourth-order valence-corrected chi connectivity index (χ4v) is 1.76. The number of benzene rings is 1. The number of hydrogen-bond donors (Lipinski definition) is 1. The van der Waals surface area contributed by atoms with Crippen LogP contribution in [0.4, 0.5) is 5.69 Å². The van der Waals surface area contributed by atoms with Crippen molar-refractivity contribution in [1.82, 2.24) is 4.98 Å². The number of aromatic nitrogens is 1. The average Bonchev–Trinajstić information content (AvgIpc) is 2.29. The second kappa shape index (κ2) is 4.87. The Hall–Kier alpha value is -2.03. The van der Waals surface area contributed by atoms with Gasteiger partial charge in [0.15, 0.2) is 0 Å². The zero-order valence-corrected chi connectivity index (χ0v) is 10.1. The Labute approximate surface area is 101 Å². The molecule has 2 aromatic rings. The molecular weight excluding hydrogens is 212 g/mol. The van der Waals surface area contributed by atoms with Crippen molar-refractivity contribution in [2.24, 2.45) is 0 Å². The summed E-state index contributed by atoms with van der Waals surface area (Å²) in [5.41, 5.74) is 9.90. The molecule has 0 aliphatic rings. The molecule has 3 heteroatoms. The van der Waals surface area contributed by atoms with Crippen molar-refractivity contribution in [3.63, 3.8) is 0 Å². The molecule has 2 rings (SSSR count). The van der Waals surface area contributed by atoms with Gasteiger partial charge in [-0.25, -0.2) is 0 Å². The van der Waals surface area contributed by atoms with Crippen LogP contribution in [0.1, 0.15) is 12.5 Å². The van der Waals surface area contributed by atoms with Gasteiger partial charge in [0.05, 0.1) is 12.8 Å². The summed E-state index contributed by atoms with van der Waals surface area (Å²) in [5.74, 6) is 0.768. The summed E-state index contributed by atoms with van der Waals surface area (Å²) in [6.07, 6.45) is 3.50. The predicted octanol–water partition coefficient (Wildman–Crippen LogP) is 3.04. The Kier molecular flexibility index (Phi) is 3.28. The average molecular weight is 228 g/mol. The van der Waals surface area contributed by atoms with E-state index in [0.717, 1.165) is 28.1 Å². The molecular formula is C14H16N2O. The number of pyridine rings is 1. The number of nitrogens with two attached hydrogens (primary N) is 1. The number of aryl methyl sites for hydroxylation is 1. The number of hydrogen-bond acceptors (Lipinski definition) is 3. The molecule has 0 radical (unpaired) electrons. The van der Waals surface area contributed by atoms with Crippen molar-refractivity contribution in [1.29, 1.82) is 0 Å². The van der Waals surface area contributed by atoms with E-state index in [1.54, 1.807) is 12.4 Å². The summed E-state index contributed by atoms with van der Waals surface area (Å²) in [5, 5.41) is 0. The summed E-state index contributed by atoms with van der Waals surface area (Å²) in [7, 11) is 0. The van der Waals surface area contributed by atoms with Gasteiger partial charge >= 0.3 is 0 Å². The Balaban J connectivity index is 2.42. The van der Waals surface area contributed by atoms with Crippen LogP contribution in [0.3, 0.4) is 0 Å². The van der Waals surface area contributed by atoms with Crippen LogP contribution in [0.2, 0.25) is 0 Å². The molecule has 0 aliphatic heterocycles. The normalized spacial score (nSPS) is 10.2. The highest BCUT2D eigenvalue weighted by Gasteiger charge is 2.04. The Morgan fingerprint density at radius 2 is 2.06 bits per heavy atom. The van der Waals surface area contributed by atoms with E-state index >= 15 is 0 Å². The van der Waals surface area contributed by atoms with Crippen molar-refractivity contribution >= 4 is 5.69 Å². The summed E-state index contributed by atoms with van der Waals surface area (Å²) < 4.78 is 5.43. The first kappa shape index (κ1) is 11.5. The van der Waals surface area contributed by atoms with E-state index in [9.17, 15) is 0 Å². The zero-order valence-electron chi connectivity index (χ0n) is 10.1. The smallest absolute Gasteiger partial charge is 0.138 e. The second-order valence-electron chi connectivity index (χ2n) is 3.93. The van der Waals surface area contributed by atoms with E-state index in [2.05, 4.69) is 4.98 Å². The first-order valence-corrected chi connectivity index (χ1v) is 5.65. The van der Waals surface area contributed by atoms with Crippen molar-refractivity contribution < 1.29 is 4.74 Å². The fraction of sp³-hybridized carbons (Fsp3) is 0.214. The molecule has 2 N–H and O–H groups in total. The SMILES string of the molecule is CCOc1cncc(-c2ccc(C)cc2N)c1. The standard InChI is InChI=1S/C14H16N2O/c1-3-17-12-7-11(8-16-9-12)13-5-4-10(2)6-14(13)15/h4-9H,3,15H2,1-2H3. The monoisotopic (exact) mass is 228 g/mol. The maximum absolute atomic E-state index is 6.01. The van der Waals surface area contributed by atoms with Crippen LogP contribution in [-0.4, -0.2) is 11.6 Å². The number of nitrogens with zero attached hydrogens (tertiary/aromatic N) is 1. The van der Waals surface area contributed by atoms with Gasteiger partial charge in [0.2, 0.25) is 0 Å². The number of rotatable bonds is 3. The fourth-order valence-electron chi connectivity index (χ4n) is 1.76. The van der Waals surface area contributed by atoms with Crippen molar-refractivity contribution in [3.05, 3.63) is 42.2 Å². The molecule has 0 fully saturated rings. The third kappa shape index (κ3) is 2.56. The number of ether oxygens (including phenoxy) is 1. The molecule has 0 amide bonds. The van der Waals surface area contributed by atoms with Gasteiger partial charge in [-0.1, -0.05) is 12.1 Å². The highest BCUT2D eigenvalue weighted by Crippen LogP contribution is 2.28. The lowest BCUT2D eigenvalue weighted by Crippen LogP contribution is -1.94. The van der Waals surface area contributed by atoms with E-state index in [0.29, 0.717) is 6.61 Å². The largest absolute Gasteiger partial charge is 0.492 e. The Bertz CT molecular complexity index is 523. The number of nitrogen functional groups attached to an aromatic ring is 1.